The molecule has 0 radical (unpaired) electrons. The number of thioether (sulfide) groups is 1. The standard InChI is InChI=1S/C27H21Cl2N3O2S/c28-18-9-10-22(29)20(15-18)24-11-12-25(34-24)23-17-35-27(32(23)19-7-3-1-4-8-19)21(16-30)26(33)31-13-5-2-6-14-31/h1,3-4,7-12,15,17H,2,5-6,13-14H2/b27-21-. The van der Waals surface area contributed by atoms with Crippen LogP contribution in [-0.2, 0) is 4.79 Å². The maximum atomic E-state index is 13.3. The molecule has 8 heteroatoms. The molecule has 2 aliphatic rings. The summed E-state index contributed by atoms with van der Waals surface area (Å²) in [5.41, 5.74) is 2.39. The molecular weight excluding hydrogens is 501 g/mol. The van der Waals surface area contributed by atoms with Gasteiger partial charge in [-0.1, -0.05) is 53.2 Å². The second-order valence-corrected chi connectivity index (χ2v) is 9.93. The van der Waals surface area contributed by atoms with Crippen molar-refractivity contribution >= 4 is 52.3 Å². The lowest BCUT2D eigenvalue weighted by Crippen LogP contribution is -2.37. The van der Waals surface area contributed by atoms with Gasteiger partial charge < -0.3 is 9.32 Å². The highest BCUT2D eigenvalue weighted by Crippen LogP contribution is 2.46. The van der Waals surface area contributed by atoms with E-state index in [1.54, 1.807) is 23.1 Å². The maximum Gasteiger partial charge on any atom is 0.267 e. The van der Waals surface area contributed by atoms with Gasteiger partial charge in [-0.15, -0.1) is 0 Å². The minimum absolute atomic E-state index is 0.136. The van der Waals surface area contributed by atoms with Crippen LogP contribution in [0.3, 0.4) is 0 Å². The predicted octanol–water partition coefficient (Wildman–Crippen LogP) is 7.55. The van der Waals surface area contributed by atoms with Crippen LogP contribution in [-0.4, -0.2) is 23.9 Å². The average molecular weight is 522 g/mol. The van der Waals surface area contributed by atoms with E-state index in [-0.39, 0.29) is 11.5 Å². The first-order valence-electron chi connectivity index (χ1n) is 11.3. The smallest absolute Gasteiger partial charge is 0.267 e. The van der Waals surface area contributed by atoms with Crippen LogP contribution in [0.25, 0.3) is 17.0 Å². The number of anilines is 1. The van der Waals surface area contributed by atoms with Gasteiger partial charge in [0.1, 0.15) is 22.4 Å². The van der Waals surface area contributed by atoms with Gasteiger partial charge >= 0.3 is 0 Å². The summed E-state index contributed by atoms with van der Waals surface area (Å²) in [6, 6.07) is 20.8. The van der Waals surface area contributed by atoms with Crippen molar-refractivity contribution < 1.29 is 9.21 Å². The number of hydrogen-bond donors (Lipinski definition) is 0. The zero-order valence-corrected chi connectivity index (χ0v) is 21.0. The molecule has 0 aliphatic carbocycles. The van der Waals surface area contributed by atoms with Crippen LogP contribution in [0.5, 0.6) is 0 Å². The normalized spacial score (nSPS) is 17.2. The number of likely N-dealkylation sites (tertiary alicyclic amines) is 1. The molecule has 5 nitrogen and oxygen atoms in total. The van der Waals surface area contributed by atoms with Gasteiger partial charge in [0.05, 0.1) is 10.7 Å². The summed E-state index contributed by atoms with van der Waals surface area (Å²) in [5, 5.41) is 13.6. The van der Waals surface area contributed by atoms with Crippen molar-refractivity contribution in [1.82, 2.24) is 4.90 Å². The molecule has 3 aromatic rings. The molecule has 2 aliphatic heterocycles. The Labute approximate surface area is 218 Å². The topological polar surface area (TPSA) is 60.5 Å². The molecule has 2 aromatic carbocycles. The lowest BCUT2D eigenvalue weighted by molar-refractivity contribution is -0.127. The Morgan fingerprint density at radius 1 is 0.971 bits per heavy atom. The lowest BCUT2D eigenvalue weighted by atomic mass is 10.1. The Hall–Kier alpha value is -3.11. The molecule has 1 fully saturated rings. The Morgan fingerprint density at radius 3 is 2.46 bits per heavy atom. The fourth-order valence-corrected chi connectivity index (χ4v) is 5.64. The van der Waals surface area contributed by atoms with Gasteiger partial charge in [0, 0.05) is 34.8 Å². The molecule has 1 aromatic heterocycles. The minimum atomic E-state index is -0.226. The van der Waals surface area contributed by atoms with E-state index in [1.807, 2.05) is 52.8 Å². The minimum Gasteiger partial charge on any atom is -0.454 e. The zero-order valence-electron chi connectivity index (χ0n) is 18.7. The van der Waals surface area contributed by atoms with Crippen molar-refractivity contribution in [3.05, 3.63) is 92.5 Å². The second-order valence-electron chi connectivity index (χ2n) is 8.22. The summed E-state index contributed by atoms with van der Waals surface area (Å²) < 4.78 is 6.21. The summed E-state index contributed by atoms with van der Waals surface area (Å²) in [6.07, 6.45) is 3.02. The Bertz CT molecular complexity index is 1370. The van der Waals surface area contributed by atoms with Crippen molar-refractivity contribution in [2.24, 2.45) is 0 Å². The number of benzene rings is 2. The van der Waals surface area contributed by atoms with Gasteiger partial charge in [-0.05, 0) is 61.7 Å². The molecule has 3 heterocycles. The van der Waals surface area contributed by atoms with Crippen LogP contribution >= 0.6 is 35.0 Å². The first-order valence-corrected chi connectivity index (χ1v) is 12.9. The fourth-order valence-electron chi connectivity index (χ4n) is 4.25. The number of carbonyl (C=O) groups is 1. The van der Waals surface area contributed by atoms with Crippen LogP contribution in [0.2, 0.25) is 10.0 Å². The highest BCUT2D eigenvalue weighted by atomic mass is 35.5. The summed E-state index contributed by atoms with van der Waals surface area (Å²) in [5.74, 6) is 0.940. The van der Waals surface area contributed by atoms with E-state index in [4.69, 9.17) is 27.6 Å². The van der Waals surface area contributed by atoms with Gasteiger partial charge in [0.2, 0.25) is 0 Å². The number of para-hydroxylation sites is 1. The number of piperidine rings is 1. The number of hydrogen-bond acceptors (Lipinski definition) is 5. The van der Waals surface area contributed by atoms with E-state index < -0.39 is 0 Å². The van der Waals surface area contributed by atoms with Crippen LogP contribution < -0.4 is 4.90 Å². The van der Waals surface area contributed by atoms with Crippen LogP contribution in [0, 0.1) is 11.3 Å². The molecule has 1 amide bonds. The van der Waals surface area contributed by atoms with Gasteiger partial charge in [-0.25, -0.2) is 0 Å². The summed E-state index contributed by atoms with van der Waals surface area (Å²) in [4.78, 5) is 17.0. The van der Waals surface area contributed by atoms with E-state index in [2.05, 4.69) is 6.07 Å². The molecule has 0 bridgehead atoms. The van der Waals surface area contributed by atoms with Gasteiger partial charge in [0.25, 0.3) is 5.91 Å². The molecule has 0 atom stereocenters. The number of carbonyl (C=O) groups excluding carboxylic acids is 1. The Kier molecular flexibility index (Phi) is 6.92. The molecule has 0 saturated carbocycles. The molecule has 1 saturated heterocycles. The van der Waals surface area contributed by atoms with Crippen LogP contribution in [0.4, 0.5) is 5.69 Å². The zero-order chi connectivity index (χ0) is 24.4. The van der Waals surface area contributed by atoms with Crippen molar-refractivity contribution in [2.45, 2.75) is 19.3 Å². The number of nitriles is 1. The van der Waals surface area contributed by atoms with E-state index >= 15 is 0 Å². The van der Waals surface area contributed by atoms with E-state index in [0.29, 0.717) is 45.2 Å². The third kappa shape index (κ3) is 4.72. The number of furan rings is 1. The molecular formula is C27H21Cl2N3O2S. The number of amides is 1. The number of halogens is 2. The van der Waals surface area contributed by atoms with E-state index in [1.165, 1.54) is 11.8 Å². The third-order valence-electron chi connectivity index (χ3n) is 5.98. The van der Waals surface area contributed by atoms with Crippen molar-refractivity contribution in [1.29, 1.82) is 5.26 Å². The number of nitrogens with zero attached hydrogens (tertiary/aromatic N) is 3. The largest absolute Gasteiger partial charge is 0.454 e. The highest BCUT2D eigenvalue weighted by molar-refractivity contribution is 8.06. The van der Waals surface area contributed by atoms with E-state index in [0.717, 1.165) is 30.6 Å². The SMILES string of the molecule is N#C/C(C(=O)N1CCCCC1)=C1/SC=C(c2ccc(-c3cc(Cl)ccc3Cl)o2)N1c1ccccc1. The monoisotopic (exact) mass is 521 g/mol. The summed E-state index contributed by atoms with van der Waals surface area (Å²) in [6.45, 7) is 1.35. The van der Waals surface area contributed by atoms with Gasteiger partial charge in [0.15, 0.2) is 5.76 Å². The predicted molar refractivity (Wildman–Crippen MR) is 142 cm³/mol. The Balaban J connectivity index is 1.56. The quantitative estimate of drug-likeness (QED) is 0.262. The fraction of sp³-hybridized carbons (Fsp3) is 0.185. The van der Waals surface area contributed by atoms with Crippen molar-refractivity contribution in [3.63, 3.8) is 0 Å². The first kappa shape index (κ1) is 23.6. The molecule has 176 valence electrons. The summed E-state index contributed by atoms with van der Waals surface area (Å²) >= 11 is 13.9. The molecule has 0 spiro atoms. The number of rotatable bonds is 4. The molecule has 35 heavy (non-hydrogen) atoms. The third-order valence-corrected chi connectivity index (χ3v) is 7.49. The molecule has 0 N–H and O–H groups in total. The summed E-state index contributed by atoms with van der Waals surface area (Å²) in [7, 11) is 0. The average Bonchev–Trinajstić information content (AvgIpc) is 3.55. The van der Waals surface area contributed by atoms with Gasteiger partial charge in [-0.2, -0.15) is 5.26 Å². The molecule has 5 rings (SSSR count). The van der Waals surface area contributed by atoms with Crippen molar-refractivity contribution in [2.75, 3.05) is 18.0 Å². The van der Waals surface area contributed by atoms with Gasteiger partial charge in [-0.3, -0.25) is 9.69 Å². The maximum absolute atomic E-state index is 13.3. The molecule has 0 unspecified atom stereocenters. The van der Waals surface area contributed by atoms with Crippen LogP contribution in [0.1, 0.15) is 25.0 Å². The Morgan fingerprint density at radius 2 is 1.71 bits per heavy atom. The first-order chi connectivity index (χ1) is 17.1. The van der Waals surface area contributed by atoms with Crippen LogP contribution in [0.15, 0.2) is 81.1 Å². The highest BCUT2D eigenvalue weighted by Gasteiger charge is 2.33. The van der Waals surface area contributed by atoms with Crippen molar-refractivity contribution in [3.8, 4) is 17.4 Å². The van der Waals surface area contributed by atoms with E-state index in [9.17, 15) is 10.1 Å². The second kappa shape index (κ2) is 10.2. The lowest BCUT2D eigenvalue weighted by Gasteiger charge is -2.28.